The van der Waals surface area contributed by atoms with Crippen LogP contribution in [0.3, 0.4) is 0 Å². The van der Waals surface area contributed by atoms with Crippen LogP contribution in [-0.2, 0) is 14.3 Å². The lowest BCUT2D eigenvalue weighted by molar-refractivity contribution is -0.141. The van der Waals surface area contributed by atoms with Crippen LogP contribution in [0.15, 0.2) is 0 Å². The Morgan fingerprint density at radius 3 is 2.41 bits per heavy atom. The molecule has 3 aliphatic rings. The van der Waals surface area contributed by atoms with E-state index >= 15 is 0 Å². The number of carbonyl (C=O) groups excluding carboxylic acids is 4. The van der Waals surface area contributed by atoms with Gasteiger partial charge in [-0.25, -0.2) is 9.59 Å². The summed E-state index contributed by atoms with van der Waals surface area (Å²) in [7, 11) is 3.25. The number of amides is 5. The second-order valence-corrected chi connectivity index (χ2v) is 9.46. The second-order valence-electron chi connectivity index (χ2n) is 9.46. The first kappa shape index (κ1) is 21.4. The maximum Gasteiger partial charge on any atom is 0.409 e. The summed E-state index contributed by atoms with van der Waals surface area (Å²) in [6.07, 6.45) is 3.58. The highest BCUT2D eigenvalue weighted by Crippen LogP contribution is 2.43. The lowest BCUT2D eigenvalue weighted by atomic mass is 9.68. The van der Waals surface area contributed by atoms with Gasteiger partial charge in [-0.05, 0) is 24.7 Å². The van der Waals surface area contributed by atoms with E-state index in [1.807, 2.05) is 0 Å². The normalized spacial score (nSPS) is 27.2. The maximum atomic E-state index is 13.0. The third-order valence-electron chi connectivity index (χ3n) is 6.20. The molecule has 0 radical (unpaired) electrons. The fraction of sp³-hybridized carbons (Fsp3) is 0.800. The van der Waals surface area contributed by atoms with Crippen LogP contribution in [0, 0.1) is 5.41 Å². The van der Waals surface area contributed by atoms with E-state index in [9.17, 15) is 19.2 Å². The molecule has 9 nitrogen and oxygen atoms in total. The highest BCUT2D eigenvalue weighted by atomic mass is 16.6. The number of likely N-dealkylation sites (tertiary alicyclic amines) is 1. The quantitative estimate of drug-likeness (QED) is 0.715. The fourth-order valence-corrected chi connectivity index (χ4v) is 4.68. The Morgan fingerprint density at radius 1 is 1.17 bits per heavy atom. The van der Waals surface area contributed by atoms with E-state index in [0.717, 1.165) is 17.7 Å². The minimum atomic E-state index is -0.869. The van der Waals surface area contributed by atoms with Gasteiger partial charge in [0.1, 0.15) is 18.2 Å². The fourth-order valence-electron chi connectivity index (χ4n) is 4.68. The van der Waals surface area contributed by atoms with Gasteiger partial charge in [0, 0.05) is 40.0 Å². The molecule has 2 saturated heterocycles. The molecule has 1 unspecified atom stereocenters. The first-order chi connectivity index (χ1) is 13.5. The molecule has 2 heterocycles. The molecule has 1 saturated carbocycles. The summed E-state index contributed by atoms with van der Waals surface area (Å²) in [6, 6.07) is -0.476. The molecule has 5 amide bonds. The lowest BCUT2D eigenvalue weighted by Crippen LogP contribution is -2.53. The van der Waals surface area contributed by atoms with Gasteiger partial charge in [0.15, 0.2) is 0 Å². The standard InChI is InChI=1S/C20H32N4O5/c1-19(2)8-5-9-20(13-19)16(26)24(17(27)21-20)12-15(25)23-10-6-14(7-11-23)29-18(28)22(3)4/h14H,5-13H2,1-4H3,(H,21,27). The van der Waals surface area contributed by atoms with Gasteiger partial charge < -0.3 is 19.9 Å². The minimum Gasteiger partial charge on any atom is -0.446 e. The highest BCUT2D eigenvalue weighted by molar-refractivity contribution is 6.09. The molecule has 1 atom stereocenters. The van der Waals surface area contributed by atoms with Gasteiger partial charge in [-0.3, -0.25) is 14.5 Å². The third kappa shape index (κ3) is 4.48. The molecule has 29 heavy (non-hydrogen) atoms. The van der Waals surface area contributed by atoms with Crippen LogP contribution in [0.2, 0.25) is 0 Å². The Bertz CT molecular complexity index is 699. The zero-order valence-corrected chi connectivity index (χ0v) is 17.8. The van der Waals surface area contributed by atoms with E-state index in [1.54, 1.807) is 19.0 Å². The molecule has 2 aliphatic heterocycles. The van der Waals surface area contributed by atoms with Crippen LogP contribution in [0.5, 0.6) is 0 Å². The maximum absolute atomic E-state index is 13.0. The Balaban J connectivity index is 1.55. The molecule has 1 aliphatic carbocycles. The van der Waals surface area contributed by atoms with Crippen LogP contribution >= 0.6 is 0 Å². The number of urea groups is 1. The SMILES string of the molecule is CN(C)C(=O)OC1CCN(C(=O)CN2C(=O)NC3(CCCC(C)(C)C3)C2=O)CC1. The number of nitrogens with zero attached hydrogens (tertiary/aromatic N) is 3. The largest absolute Gasteiger partial charge is 0.446 e. The number of carbonyl (C=O) groups is 4. The van der Waals surface area contributed by atoms with Crippen molar-refractivity contribution >= 4 is 23.9 Å². The van der Waals surface area contributed by atoms with Crippen molar-refractivity contribution in [3.8, 4) is 0 Å². The Labute approximate surface area is 171 Å². The van der Waals surface area contributed by atoms with Gasteiger partial charge in [0.2, 0.25) is 5.91 Å². The van der Waals surface area contributed by atoms with Gasteiger partial charge in [-0.2, -0.15) is 0 Å². The number of piperidine rings is 1. The third-order valence-corrected chi connectivity index (χ3v) is 6.20. The zero-order valence-electron chi connectivity index (χ0n) is 17.8. The second kappa shape index (κ2) is 7.84. The monoisotopic (exact) mass is 408 g/mol. The van der Waals surface area contributed by atoms with E-state index in [-0.39, 0.29) is 29.9 Å². The van der Waals surface area contributed by atoms with Gasteiger partial charge in [0.25, 0.3) is 5.91 Å². The molecule has 1 spiro atoms. The molecule has 0 aromatic rings. The highest BCUT2D eigenvalue weighted by Gasteiger charge is 2.55. The molecule has 162 valence electrons. The van der Waals surface area contributed by atoms with Crippen molar-refractivity contribution in [1.29, 1.82) is 0 Å². The Hall–Kier alpha value is -2.32. The van der Waals surface area contributed by atoms with Crippen LogP contribution in [0.4, 0.5) is 9.59 Å². The molecule has 3 fully saturated rings. The summed E-state index contributed by atoms with van der Waals surface area (Å²) >= 11 is 0. The zero-order chi connectivity index (χ0) is 21.4. The van der Waals surface area contributed by atoms with Gasteiger partial charge in [-0.1, -0.05) is 20.3 Å². The summed E-state index contributed by atoms with van der Waals surface area (Å²) in [5.41, 5.74) is -0.889. The molecule has 0 bridgehead atoms. The molecule has 0 aromatic heterocycles. The molecule has 3 rings (SSSR count). The van der Waals surface area contributed by atoms with E-state index in [4.69, 9.17) is 4.74 Å². The summed E-state index contributed by atoms with van der Waals surface area (Å²) in [5.74, 6) is -0.531. The van der Waals surface area contributed by atoms with Crippen molar-refractivity contribution in [2.45, 2.75) is 64.0 Å². The van der Waals surface area contributed by atoms with Crippen molar-refractivity contribution in [3.63, 3.8) is 0 Å². The number of nitrogens with one attached hydrogen (secondary N) is 1. The summed E-state index contributed by atoms with van der Waals surface area (Å²) < 4.78 is 5.36. The van der Waals surface area contributed by atoms with Crippen LogP contribution in [-0.4, -0.2) is 84.0 Å². The van der Waals surface area contributed by atoms with E-state index in [1.165, 1.54) is 4.90 Å². The lowest BCUT2D eigenvalue weighted by Gasteiger charge is -2.40. The average Bonchev–Trinajstić information content (AvgIpc) is 2.85. The van der Waals surface area contributed by atoms with Crippen molar-refractivity contribution in [2.75, 3.05) is 33.7 Å². The van der Waals surface area contributed by atoms with Crippen molar-refractivity contribution in [1.82, 2.24) is 20.0 Å². The molecule has 9 heteroatoms. The van der Waals surface area contributed by atoms with Gasteiger partial charge in [-0.15, -0.1) is 0 Å². The average molecular weight is 408 g/mol. The first-order valence-electron chi connectivity index (χ1n) is 10.3. The first-order valence-corrected chi connectivity index (χ1v) is 10.3. The predicted octanol–water partition coefficient (Wildman–Crippen LogP) is 1.57. The number of hydrogen-bond donors (Lipinski definition) is 1. The topological polar surface area (TPSA) is 99.3 Å². The van der Waals surface area contributed by atoms with Crippen molar-refractivity contribution in [3.05, 3.63) is 0 Å². The molecular weight excluding hydrogens is 376 g/mol. The number of rotatable bonds is 3. The van der Waals surface area contributed by atoms with E-state index in [0.29, 0.717) is 38.8 Å². The smallest absolute Gasteiger partial charge is 0.409 e. The summed E-state index contributed by atoms with van der Waals surface area (Å²) in [4.78, 5) is 54.0. The van der Waals surface area contributed by atoms with E-state index < -0.39 is 17.7 Å². The van der Waals surface area contributed by atoms with Crippen LogP contribution in [0.1, 0.15) is 52.4 Å². The number of hydrogen-bond acceptors (Lipinski definition) is 5. The predicted molar refractivity (Wildman–Crippen MR) is 105 cm³/mol. The van der Waals surface area contributed by atoms with Crippen LogP contribution in [0.25, 0.3) is 0 Å². The number of ether oxygens (including phenoxy) is 1. The molecular formula is C20H32N4O5. The van der Waals surface area contributed by atoms with Crippen molar-refractivity contribution < 1.29 is 23.9 Å². The summed E-state index contributed by atoms with van der Waals surface area (Å²) in [5, 5.41) is 2.88. The molecule has 0 aromatic carbocycles. The van der Waals surface area contributed by atoms with Gasteiger partial charge in [0.05, 0.1) is 0 Å². The Kier molecular flexibility index (Phi) is 5.78. The Morgan fingerprint density at radius 2 is 1.83 bits per heavy atom. The van der Waals surface area contributed by atoms with Crippen molar-refractivity contribution in [2.24, 2.45) is 5.41 Å². The van der Waals surface area contributed by atoms with Gasteiger partial charge >= 0.3 is 12.1 Å². The number of imide groups is 1. The van der Waals surface area contributed by atoms with Crippen LogP contribution < -0.4 is 5.32 Å². The van der Waals surface area contributed by atoms with E-state index in [2.05, 4.69) is 19.2 Å². The molecule has 1 N–H and O–H groups in total. The summed E-state index contributed by atoms with van der Waals surface area (Å²) in [6.45, 7) is 4.84. The minimum absolute atomic E-state index is 0.0208.